The number of hydrogen-bond acceptors (Lipinski definition) is 12. The third-order valence-corrected chi connectivity index (χ3v) is 13.0. The molecule has 1 aliphatic heterocycles. The van der Waals surface area contributed by atoms with Crippen molar-refractivity contribution in [2.45, 2.75) is 108 Å². The van der Waals surface area contributed by atoms with Crippen LogP contribution in [0.2, 0.25) is 0 Å². The van der Waals surface area contributed by atoms with Crippen LogP contribution in [0.1, 0.15) is 82.7 Å². The topological polar surface area (TPSA) is 176 Å². The van der Waals surface area contributed by atoms with Crippen LogP contribution in [0, 0.1) is 11.3 Å². The van der Waals surface area contributed by atoms with Gasteiger partial charge in [-0.3, -0.25) is 19.1 Å². The van der Waals surface area contributed by atoms with E-state index in [-0.39, 0.29) is 44.9 Å². The van der Waals surface area contributed by atoms with Gasteiger partial charge in [0.25, 0.3) is 14.1 Å². The minimum absolute atomic E-state index is 0.0662. The summed E-state index contributed by atoms with van der Waals surface area (Å²) in [6.45, 7) is 7.89. The van der Waals surface area contributed by atoms with Crippen LogP contribution in [0.3, 0.4) is 0 Å². The molecule has 0 saturated carbocycles. The molecule has 5 atom stereocenters. The number of methoxy groups -OCH3 is 2. The highest BCUT2D eigenvalue weighted by molar-refractivity contribution is 7.44. The SMILES string of the molecule is COc1ccc(C(OC[C@H]2O[C@@H](n3ccc(=O)[nH]c3=O)[C@H](OCCCCCCNC(=O)C(F)(F)F)[C@@H]2OP(OCCC#N)N(C(C)C)C(C)C)(c2ccccc2)c2ccc(OC)cc2)cc1. The summed E-state index contributed by atoms with van der Waals surface area (Å²) < 4.78 is 86.6. The monoisotopic (exact) mass is 941 g/mol. The Morgan fingerprint density at radius 2 is 1.44 bits per heavy atom. The van der Waals surface area contributed by atoms with Gasteiger partial charge in [-0.15, -0.1) is 0 Å². The summed E-state index contributed by atoms with van der Waals surface area (Å²) in [4.78, 5) is 39.4. The van der Waals surface area contributed by atoms with Crippen molar-refractivity contribution in [3.8, 4) is 17.6 Å². The lowest BCUT2D eigenvalue weighted by molar-refractivity contribution is -0.173. The van der Waals surface area contributed by atoms with Crippen molar-refractivity contribution in [2.24, 2.45) is 0 Å². The van der Waals surface area contributed by atoms with Gasteiger partial charge in [0.15, 0.2) is 6.23 Å². The first kappa shape index (κ1) is 51.9. The molecule has 2 N–H and O–H groups in total. The summed E-state index contributed by atoms with van der Waals surface area (Å²) in [6, 6.07) is 27.9. The van der Waals surface area contributed by atoms with Gasteiger partial charge in [0, 0.05) is 37.5 Å². The second-order valence-corrected chi connectivity index (χ2v) is 17.4. The molecular formula is C47H59F3N5O10P. The average molecular weight is 942 g/mol. The van der Waals surface area contributed by atoms with Gasteiger partial charge in [-0.2, -0.15) is 18.4 Å². The first-order valence-corrected chi connectivity index (χ1v) is 22.9. The van der Waals surface area contributed by atoms with Crippen LogP contribution in [0.5, 0.6) is 11.5 Å². The number of aromatic nitrogens is 2. The van der Waals surface area contributed by atoms with Gasteiger partial charge in [0.05, 0.1) is 39.9 Å². The normalized spacial score (nSPS) is 18.1. The highest BCUT2D eigenvalue weighted by atomic mass is 31.2. The van der Waals surface area contributed by atoms with Crippen molar-refractivity contribution < 1.29 is 50.7 Å². The van der Waals surface area contributed by atoms with E-state index < -0.39 is 62.0 Å². The van der Waals surface area contributed by atoms with E-state index >= 15 is 0 Å². The van der Waals surface area contributed by atoms with Crippen LogP contribution < -0.4 is 26.0 Å². The number of unbranched alkanes of at least 4 members (excludes halogenated alkanes) is 3. The Labute approximate surface area is 384 Å². The summed E-state index contributed by atoms with van der Waals surface area (Å²) in [7, 11) is 1.25. The predicted octanol–water partition coefficient (Wildman–Crippen LogP) is 7.75. The van der Waals surface area contributed by atoms with Gasteiger partial charge in [-0.25, -0.2) is 9.46 Å². The molecule has 19 heteroatoms. The summed E-state index contributed by atoms with van der Waals surface area (Å²) >= 11 is 0. The lowest BCUT2D eigenvalue weighted by atomic mass is 9.80. The van der Waals surface area contributed by atoms with Crippen molar-refractivity contribution in [1.82, 2.24) is 19.5 Å². The zero-order valence-corrected chi connectivity index (χ0v) is 38.9. The number of alkyl halides is 3. The molecule has 1 aromatic heterocycles. The number of amides is 1. The van der Waals surface area contributed by atoms with Gasteiger partial charge in [-0.1, -0.05) is 67.4 Å². The minimum atomic E-state index is -4.96. The van der Waals surface area contributed by atoms with Crippen LogP contribution in [-0.4, -0.2) is 97.3 Å². The molecule has 1 aliphatic rings. The van der Waals surface area contributed by atoms with Gasteiger partial charge < -0.3 is 38.0 Å². The van der Waals surface area contributed by atoms with Crippen LogP contribution in [0.15, 0.2) is 101 Å². The molecule has 3 aromatic carbocycles. The molecule has 4 aromatic rings. The summed E-state index contributed by atoms with van der Waals surface area (Å²) in [5, 5.41) is 11.4. The van der Waals surface area contributed by atoms with Crippen LogP contribution in [0.25, 0.3) is 0 Å². The zero-order valence-electron chi connectivity index (χ0n) is 38.0. The first-order valence-electron chi connectivity index (χ1n) is 21.8. The number of hydrogen-bond donors (Lipinski definition) is 2. The van der Waals surface area contributed by atoms with Crippen molar-refractivity contribution in [2.75, 3.05) is 40.6 Å². The third-order valence-electron chi connectivity index (χ3n) is 10.8. The van der Waals surface area contributed by atoms with E-state index in [9.17, 15) is 32.8 Å². The fourth-order valence-corrected chi connectivity index (χ4v) is 9.55. The van der Waals surface area contributed by atoms with Crippen LogP contribution >= 0.6 is 8.53 Å². The Balaban J connectivity index is 1.58. The lowest BCUT2D eigenvalue weighted by Crippen LogP contribution is -2.43. The largest absolute Gasteiger partial charge is 0.497 e. The molecule has 1 saturated heterocycles. The Hall–Kier alpha value is -5.12. The van der Waals surface area contributed by atoms with Gasteiger partial charge in [-0.05, 0) is 81.5 Å². The summed E-state index contributed by atoms with van der Waals surface area (Å²) in [5.74, 6) is -0.718. The number of aromatic amines is 1. The van der Waals surface area contributed by atoms with Crippen molar-refractivity contribution in [1.29, 1.82) is 5.26 Å². The van der Waals surface area contributed by atoms with Gasteiger partial charge in [0.2, 0.25) is 0 Å². The molecule has 0 aliphatic carbocycles. The smallest absolute Gasteiger partial charge is 0.471 e. The number of rotatable bonds is 25. The molecule has 15 nitrogen and oxygen atoms in total. The number of nitrogens with one attached hydrogen (secondary N) is 2. The number of carbonyl (C=O) groups excluding carboxylic acids is 1. The fourth-order valence-electron chi connectivity index (χ4n) is 7.78. The standard InChI is InChI=1S/C47H59F3N5O10P/c1-32(2)55(33(3)4)66(63-30-14-26-51)65-41-39(64-43(54-28-25-40(56)53-45(54)58)42(41)61-29-13-8-7-12-27-52-44(57)47(48,49)50)31-62-46(34-15-10-9-11-16-34,35-17-21-37(59-5)22-18-35)36-19-23-38(60-6)24-20-36/h9-11,15-25,28,32-33,39,41-43H,7-8,12-14,27,29-31H2,1-6H3,(H,52,57)(H,53,56,58)/t39-,41-,42-,43-,66?/m1/s1. The maximum atomic E-state index is 13.6. The Morgan fingerprint density at radius 1 is 0.848 bits per heavy atom. The van der Waals surface area contributed by atoms with Crippen LogP contribution in [0.4, 0.5) is 13.2 Å². The lowest BCUT2D eigenvalue weighted by Gasteiger charge is -2.39. The molecule has 358 valence electrons. The molecule has 2 heterocycles. The number of nitriles is 1. The Bertz CT molecular complexity index is 2220. The van der Waals surface area contributed by atoms with Crippen molar-refractivity contribution in [3.63, 3.8) is 0 Å². The summed E-state index contributed by atoms with van der Waals surface area (Å²) in [6.07, 6.45) is -5.90. The van der Waals surface area contributed by atoms with E-state index in [2.05, 4.69) is 15.7 Å². The highest BCUT2D eigenvalue weighted by Gasteiger charge is 2.51. The second kappa shape index (κ2) is 24.6. The number of carbonyl (C=O) groups is 1. The first-order chi connectivity index (χ1) is 31.6. The van der Waals surface area contributed by atoms with Crippen LogP contribution in [-0.2, 0) is 33.7 Å². The predicted molar refractivity (Wildman–Crippen MR) is 241 cm³/mol. The van der Waals surface area contributed by atoms with E-state index in [1.165, 1.54) is 16.8 Å². The maximum absolute atomic E-state index is 13.6. The minimum Gasteiger partial charge on any atom is -0.497 e. The zero-order chi connectivity index (χ0) is 47.9. The molecule has 0 radical (unpaired) electrons. The Kier molecular flexibility index (Phi) is 19.3. The molecule has 66 heavy (non-hydrogen) atoms. The van der Waals surface area contributed by atoms with E-state index in [1.54, 1.807) is 14.2 Å². The van der Waals surface area contributed by atoms with E-state index in [0.29, 0.717) is 37.2 Å². The van der Waals surface area contributed by atoms with Crippen molar-refractivity contribution in [3.05, 3.63) is 129 Å². The summed E-state index contributed by atoms with van der Waals surface area (Å²) in [5.41, 5.74) is -0.369. The molecule has 5 rings (SSSR count). The number of nitrogens with zero attached hydrogens (tertiary/aromatic N) is 3. The molecule has 1 amide bonds. The molecular weight excluding hydrogens is 883 g/mol. The maximum Gasteiger partial charge on any atom is 0.471 e. The third kappa shape index (κ3) is 13.3. The van der Waals surface area contributed by atoms with Gasteiger partial charge >= 0.3 is 17.8 Å². The number of halogens is 3. The molecule has 0 bridgehead atoms. The molecule has 1 unspecified atom stereocenters. The number of H-pyrrole nitrogens is 1. The highest BCUT2D eigenvalue weighted by Crippen LogP contribution is 2.51. The van der Waals surface area contributed by atoms with Gasteiger partial charge in [0.1, 0.15) is 35.4 Å². The van der Waals surface area contributed by atoms with Crippen molar-refractivity contribution >= 4 is 14.4 Å². The van der Waals surface area contributed by atoms with E-state index in [0.717, 1.165) is 16.7 Å². The Morgan fingerprint density at radius 3 is 1.98 bits per heavy atom. The second-order valence-electron chi connectivity index (χ2n) is 16.0. The number of ether oxygens (including phenoxy) is 5. The van der Waals surface area contributed by atoms with E-state index in [1.807, 2.05) is 112 Å². The fraction of sp³-hybridized carbons (Fsp3) is 0.489. The molecule has 1 fully saturated rings. The van der Waals surface area contributed by atoms with E-state index in [4.69, 9.17) is 32.7 Å². The quantitative estimate of drug-likeness (QED) is 0.0376. The average Bonchev–Trinajstić information content (AvgIpc) is 3.63. The number of benzene rings is 3. The molecule has 0 spiro atoms.